The molecule has 0 saturated carbocycles. The van der Waals surface area contributed by atoms with Crippen molar-refractivity contribution in [3.8, 4) is 0 Å². The summed E-state index contributed by atoms with van der Waals surface area (Å²) in [7, 11) is 1.85. The number of pyridine rings is 1. The third-order valence-corrected chi connectivity index (χ3v) is 4.30. The lowest BCUT2D eigenvalue weighted by Crippen LogP contribution is -2.48. The molecule has 1 N–H and O–H groups in total. The van der Waals surface area contributed by atoms with Gasteiger partial charge in [0.25, 0.3) is 0 Å². The molecule has 0 bridgehead atoms. The van der Waals surface area contributed by atoms with E-state index in [1.54, 1.807) is 17.1 Å². The van der Waals surface area contributed by atoms with Crippen molar-refractivity contribution in [3.05, 3.63) is 42.2 Å². The summed E-state index contributed by atoms with van der Waals surface area (Å²) in [4.78, 5) is 22.4. The molecule has 25 heavy (non-hydrogen) atoms. The number of amides is 2. The van der Waals surface area contributed by atoms with Crippen LogP contribution < -0.4 is 5.32 Å². The Morgan fingerprint density at radius 3 is 3.16 bits per heavy atom. The number of piperidine rings is 1. The molecule has 2 aromatic heterocycles. The average molecular weight is 344 g/mol. The number of nitrogens with one attached hydrogen (secondary N) is 1. The van der Waals surface area contributed by atoms with Gasteiger partial charge >= 0.3 is 6.03 Å². The number of rotatable bonds is 6. The molecular weight excluding hydrogens is 320 g/mol. The van der Waals surface area contributed by atoms with Crippen LogP contribution in [0.5, 0.6) is 0 Å². The van der Waals surface area contributed by atoms with Gasteiger partial charge in [0.2, 0.25) is 0 Å². The molecule has 1 unspecified atom stereocenters. The number of hydrogen-bond acceptors (Lipinski definition) is 5. The zero-order valence-electron chi connectivity index (χ0n) is 14.5. The number of aromatic nitrogens is 4. The lowest BCUT2D eigenvalue weighted by atomic mass is 10.1. The standard InChI is InChI=1S/C17H24N6O2/c1-22-16(20-13-21-22)6-8-19-17(24)23-9-3-5-15(11-23)25-12-14-4-2-7-18-10-14/h2,4,7,10,13,15H,3,5-6,8-9,11-12H2,1H3,(H,19,24). The minimum atomic E-state index is -0.0446. The summed E-state index contributed by atoms with van der Waals surface area (Å²) in [5, 5.41) is 6.97. The molecule has 8 heteroatoms. The highest BCUT2D eigenvalue weighted by molar-refractivity contribution is 5.74. The van der Waals surface area contributed by atoms with E-state index in [1.165, 1.54) is 6.33 Å². The average Bonchev–Trinajstić information content (AvgIpc) is 3.06. The Balaban J connectivity index is 1.41. The molecular formula is C17H24N6O2. The maximum atomic E-state index is 12.3. The smallest absolute Gasteiger partial charge is 0.317 e. The molecule has 134 valence electrons. The van der Waals surface area contributed by atoms with Crippen molar-refractivity contribution in [1.29, 1.82) is 0 Å². The zero-order valence-corrected chi connectivity index (χ0v) is 14.5. The van der Waals surface area contributed by atoms with E-state index in [-0.39, 0.29) is 12.1 Å². The number of nitrogens with zero attached hydrogens (tertiary/aromatic N) is 5. The van der Waals surface area contributed by atoms with Gasteiger partial charge in [-0.1, -0.05) is 6.07 Å². The molecule has 0 radical (unpaired) electrons. The summed E-state index contributed by atoms with van der Waals surface area (Å²) in [6.45, 7) is 2.46. The van der Waals surface area contributed by atoms with Crippen LogP contribution in [0.2, 0.25) is 0 Å². The largest absolute Gasteiger partial charge is 0.372 e. The Morgan fingerprint density at radius 2 is 2.40 bits per heavy atom. The first kappa shape index (κ1) is 17.3. The normalized spacial score (nSPS) is 17.5. The van der Waals surface area contributed by atoms with E-state index in [1.807, 2.05) is 24.1 Å². The molecule has 1 saturated heterocycles. The van der Waals surface area contributed by atoms with Crippen LogP contribution in [0, 0.1) is 0 Å². The highest BCUT2D eigenvalue weighted by Crippen LogP contribution is 2.15. The Kier molecular flexibility index (Phi) is 5.95. The van der Waals surface area contributed by atoms with Crippen molar-refractivity contribution in [1.82, 2.24) is 30.0 Å². The van der Waals surface area contributed by atoms with Crippen molar-refractivity contribution in [2.45, 2.75) is 32.0 Å². The van der Waals surface area contributed by atoms with Crippen LogP contribution in [0.1, 0.15) is 24.2 Å². The maximum Gasteiger partial charge on any atom is 0.317 e. The van der Waals surface area contributed by atoms with E-state index in [0.29, 0.717) is 26.1 Å². The summed E-state index contributed by atoms with van der Waals surface area (Å²) in [6.07, 6.45) is 7.73. The van der Waals surface area contributed by atoms with E-state index in [4.69, 9.17) is 4.74 Å². The monoisotopic (exact) mass is 344 g/mol. The van der Waals surface area contributed by atoms with Gasteiger partial charge in [-0.3, -0.25) is 9.67 Å². The van der Waals surface area contributed by atoms with Gasteiger partial charge in [0.15, 0.2) is 0 Å². The first-order valence-electron chi connectivity index (χ1n) is 8.58. The van der Waals surface area contributed by atoms with E-state index in [2.05, 4.69) is 20.4 Å². The van der Waals surface area contributed by atoms with Gasteiger partial charge in [0.1, 0.15) is 12.2 Å². The molecule has 3 rings (SSSR count). The molecule has 1 aliphatic rings. The molecule has 0 aliphatic carbocycles. The molecule has 2 amide bonds. The summed E-state index contributed by atoms with van der Waals surface area (Å²) in [5.41, 5.74) is 1.05. The summed E-state index contributed by atoms with van der Waals surface area (Å²) in [5.74, 6) is 0.858. The quantitative estimate of drug-likeness (QED) is 0.849. The third kappa shape index (κ3) is 4.99. The van der Waals surface area contributed by atoms with Gasteiger partial charge < -0.3 is 15.0 Å². The van der Waals surface area contributed by atoms with Crippen LogP contribution >= 0.6 is 0 Å². The Labute approximate surface area is 147 Å². The number of hydrogen-bond donors (Lipinski definition) is 1. The number of aryl methyl sites for hydroxylation is 1. The van der Waals surface area contributed by atoms with Gasteiger partial charge in [-0.15, -0.1) is 0 Å². The Hall–Kier alpha value is -2.48. The Morgan fingerprint density at radius 1 is 1.48 bits per heavy atom. The van der Waals surface area contributed by atoms with Crippen molar-refractivity contribution in [2.24, 2.45) is 7.05 Å². The first-order valence-corrected chi connectivity index (χ1v) is 8.58. The SMILES string of the molecule is Cn1ncnc1CCNC(=O)N1CCCC(OCc2cccnc2)C1. The Bertz CT molecular complexity index is 675. The predicted octanol–water partition coefficient (Wildman–Crippen LogP) is 1.14. The minimum absolute atomic E-state index is 0.0446. The lowest BCUT2D eigenvalue weighted by Gasteiger charge is -2.32. The van der Waals surface area contributed by atoms with Crippen molar-refractivity contribution >= 4 is 6.03 Å². The van der Waals surface area contributed by atoms with Crippen LogP contribution in [-0.4, -0.2) is 56.4 Å². The van der Waals surface area contributed by atoms with Crippen LogP contribution in [0.15, 0.2) is 30.9 Å². The van der Waals surface area contributed by atoms with Gasteiger partial charge in [0, 0.05) is 45.5 Å². The highest BCUT2D eigenvalue weighted by atomic mass is 16.5. The van der Waals surface area contributed by atoms with Gasteiger partial charge in [-0.05, 0) is 24.5 Å². The number of carbonyl (C=O) groups excluding carboxylic acids is 1. The van der Waals surface area contributed by atoms with E-state index in [9.17, 15) is 4.79 Å². The fraction of sp³-hybridized carbons (Fsp3) is 0.529. The first-order chi connectivity index (χ1) is 12.2. The second-order valence-corrected chi connectivity index (χ2v) is 6.16. The van der Waals surface area contributed by atoms with Crippen LogP contribution in [0.4, 0.5) is 4.79 Å². The van der Waals surface area contributed by atoms with Crippen molar-refractivity contribution in [2.75, 3.05) is 19.6 Å². The minimum Gasteiger partial charge on any atom is -0.372 e. The maximum absolute atomic E-state index is 12.3. The van der Waals surface area contributed by atoms with Crippen molar-refractivity contribution in [3.63, 3.8) is 0 Å². The third-order valence-electron chi connectivity index (χ3n) is 4.30. The molecule has 0 aromatic carbocycles. The van der Waals surface area contributed by atoms with E-state index in [0.717, 1.165) is 30.8 Å². The zero-order chi connectivity index (χ0) is 17.5. The van der Waals surface area contributed by atoms with Gasteiger partial charge in [-0.25, -0.2) is 9.78 Å². The highest BCUT2D eigenvalue weighted by Gasteiger charge is 2.24. The number of likely N-dealkylation sites (tertiary alicyclic amines) is 1. The fourth-order valence-electron chi connectivity index (χ4n) is 2.90. The molecule has 8 nitrogen and oxygen atoms in total. The van der Waals surface area contributed by atoms with Crippen molar-refractivity contribution < 1.29 is 9.53 Å². The second kappa shape index (κ2) is 8.57. The summed E-state index contributed by atoms with van der Waals surface area (Å²) < 4.78 is 7.66. The predicted molar refractivity (Wildman–Crippen MR) is 91.7 cm³/mol. The molecule has 3 heterocycles. The van der Waals surface area contributed by atoms with Gasteiger partial charge in [-0.2, -0.15) is 5.10 Å². The molecule has 1 aliphatic heterocycles. The van der Waals surface area contributed by atoms with Crippen LogP contribution in [0.3, 0.4) is 0 Å². The van der Waals surface area contributed by atoms with E-state index < -0.39 is 0 Å². The van der Waals surface area contributed by atoms with Gasteiger partial charge in [0.05, 0.1) is 12.7 Å². The second-order valence-electron chi connectivity index (χ2n) is 6.16. The molecule has 1 atom stereocenters. The number of urea groups is 1. The fourth-order valence-corrected chi connectivity index (χ4v) is 2.90. The lowest BCUT2D eigenvalue weighted by molar-refractivity contribution is -0.000405. The summed E-state index contributed by atoms with van der Waals surface area (Å²) in [6, 6.07) is 3.85. The summed E-state index contributed by atoms with van der Waals surface area (Å²) >= 11 is 0. The molecule has 2 aromatic rings. The number of ether oxygens (including phenoxy) is 1. The topological polar surface area (TPSA) is 85.2 Å². The number of carbonyl (C=O) groups is 1. The van der Waals surface area contributed by atoms with Crippen LogP contribution in [0.25, 0.3) is 0 Å². The van der Waals surface area contributed by atoms with Crippen LogP contribution in [-0.2, 0) is 24.8 Å². The van der Waals surface area contributed by atoms with E-state index >= 15 is 0 Å². The molecule has 0 spiro atoms. The molecule has 1 fully saturated rings.